The van der Waals surface area contributed by atoms with E-state index in [1.807, 2.05) is 11.8 Å². The van der Waals surface area contributed by atoms with Crippen molar-refractivity contribution in [2.75, 3.05) is 38.2 Å². The third-order valence-electron chi connectivity index (χ3n) is 6.84. The Balaban J connectivity index is 1.43. The Bertz CT molecular complexity index is 696. The highest BCUT2D eigenvalue weighted by atomic mass is 16.5. The molecule has 3 aliphatic rings. The number of anilines is 1. The van der Waals surface area contributed by atoms with Crippen LogP contribution in [-0.2, 0) is 4.74 Å². The summed E-state index contributed by atoms with van der Waals surface area (Å²) in [6.45, 7) is 5.16. The van der Waals surface area contributed by atoms with Gasteiger partial charge in [0.1, 0.15) is 0 Å². The first-order valence-electron chi connectivity index (χ1n) is 10.1. The second-order valence-corrected chi connectivity index (χ2v) is 8.22. The zero-order valence-corrected chi connectivity index (χ0v) is 16.4. The fourth-order valence-corrected chi connectivity index (χ4v) is 4.92. The lowest BCUT2D eigenvalue weighted by atomic mass is 9.58. The van der Waals surface area contributed by atoms with E-state index in [2.05, 4.69) is 14.9 Å². The number of carbonyl (C=O) groups is 1. The molecule has 148 valence electrons. The van der Waals surface area contributed by atoms with Crippen LogP contribution in [0.2, 0.25) is 0 Å². The van der Waals surface area contributed by atoms with Crippen LogP contribution in [0.3, 0.4) is 0 Å². The molecule has 0 radical (unpaired) electrons. The van der Waals surface area contributed by atoms with Gasteiger partial charge in [0.25, 0.3) is 5.91 Å². The predicted octanol–water partition coefficient (Wildman–Crippen LogP) is 1.78. The van der Waals surface area contributed by atoms with Gasteiger partial charge in [-0.25, -0.2) is 9.97 Å². The number of aryl methyl sites for hydroxylation is 1. The van der Waals surface area contributed by atoms with E-state index < -0.39 is 0 Å². The highest BCUT2D eigenvalue weighted by Crippen LogP contribution is 2.50. The number of piperidine rings is 2. The highest BCUT2D eigenvalue weighted by Gasteiger charge is 2.56. The standard InChI is InChI=1S/C20H30N4O3/c1-14-15(13-21-19(22-14)24-8-4-3-5-9-24)18(26)23-10-6-20(7-11-23)16(25)12-17(20)27-2/h13,16-17,25H,3-12H2,1-2H3/t16-,17+/m1/s1. The number of aromatic nitrogens is 2. The molecule has 0 aromatic carbocycles. The molecule has 7 nitrogen and oxygen atoms in total. The van der Waals surface area contributed by atoms with Gasteiger partial charge in [-0.15, -0.1) is 0 Å². The number of likely N-dealkylation sites (tertiary alicyclic amines) is 1. The van der Waals surface area contributed by atoms with Gasteiger partial charge in [0, 0.05) is 51.3 Å². The number of methoxy groups -OCH3 is 1. The molecule has 27 heavy (non-hydrogen) atoms. The fraction of sp³-hybridized carbons (Fsp3) is 0.750. The third kappa shape index (κ3) is 3.21. The number of hydrogen-bond acceptors (Lipinski definition) is 6. The molecule has 1 amide bonds. The first-order chi connectivity index (χ1) is 13.0. The molecule has 1 spiro atoms. The minimum atomic E-state index is -0.311. The van der Waals surface area contributed by atoms with Crippen molar-refractivity contribution in [3.05, 3.63) is 17.5 Å². The van der Waals surface area contributed by atoms with Gasteiger partial charge in [-0.2, -0.15) is 0 Å². The number of carbonyl (C=O) groups excluding carboxylic acids is 1. The van der Waals surface area contributed by atoms with E-state index in [0.29, 0.717) is 25.1 Å². The smallest absolute Gasteiger partial charge is 0.257 e. The lowest BCUT2D eigenvalue weighted by Crippen LogP contribution is -2.62. The third-order valence-corrected chi connectivity index (χ3v) is 6.84. The molecule has 4 rings (SSSR count). The second-order valence-electron chi connectivity index (χ2n) is 8.22. The van der Waals surface area contributed by atoms with Crippen LogP contribution in [0.5, 0.6) is 0 Å². The van der Waals surface area contributed by atoms with E-state index in [0.717, 1.165) is 37.6 Å². The molecular weight excluding hydrogens is 344 g/mol. The Hall–Kier alpha value is -1.73. The summed E-state index contributed by atoms with van der Waals surface area (Å²) in [6.07, 6.45) is 7.37. The summed E-state index contributed by atoms with van der Waals surface area (Å²) in [5, 5.41) is 10.3. The van der Waals surface area contributed by atoms with Crippen molar-refractivity contribution in [2.24, 2.45) is 5.41 Å². The summed E-state index contributed by atoms with van der Waals surface area (Å²) >= 11 is 0. The molecular formula is C20H30N4O3. The van der Waals surface area contributed by atoms with Gasteiger partial charge < -0.3 is 19.6 Å². The second kappa shape index (κ2) is 7.36. The highest BCUT2D eigenvalue weighted by molar-refractivity contribution is 5.95. The van der Waals surface area contributed by atoms with E-state index in [9.17, 15) is 9.90 Å². The molecule has 2 saturated heterocycles. The molecule has 1 saturated carbocycles. The van der Waals surface area contributed by atoms with Gasteiger partial charge in [-0.3, -0.25) is 4.79 Å². The van der Waals surface area contributed by atoms with Crippen molar-refractivity contribution in [3.63, 3.8) is 0 Å². The lowest BCUT2D eigenvalue weighted by Gasteiger charge is -2.56. The maximum atomic E-state index is 13.0. The van der Waals surface area contributed by atoms with Gasteiger partial charge in [0.2, 0.25) is 5.95 Å². The number of rotatable bonds is 3. The summed E-state index contributed by atoms with van der Waals surface area (Å²) in [5.74, 6) is 0.734. The van der Waals surface area contributed by atoms with Crippen molar-refractivity contribution in [1.82, 2.24) is 14.9 Å². The van der Waals surface area contributed by atoms with E-state index in [4.69, 9.17) is 4.74 Å². The van der Waals surface area contributed by atoms with Crippen LogP contribution in [0.25, 0.3) is 0 Å². The Labute approximate surface area is 160 Å². The largest absolute Gasteiger partial charge is 0.392 e. The first-order valence-corrected chi connectivity index (χ1v) is 10.1. The SMILES string of the molecule is CO[C@H]1C[C@@H](O)C12CCN(C(=O)c1cnc(N3CCCCC3)nc1C)CC2. The number of aliphatic hydroxyl groups excluding tert-OH is 1. The molecule has 0 unspecified atom stereocenters. The number of amides is 1. The molecule has 1 N–H and O–H groups in total. The zero-order valence-electron chi connectivity index (χ0n) is 16.4. The molecule has 3 fully saturated rings. The van der Waals surface area contributed by atoms with E-state index in [-0.39, 0.29) is 23.5 Å². The topological polar surface area (TPSA) is 78.8 Å². The van der Waals surface area contributed by atoms with Crippen molar-refractivity contribution in [2.45, 2.75) is 57.7 Å². The average Bonchev–Trinajstić information content (AvgIpc) is 2.72. The zero-order chi connectivity index (χ0) is 19.0. The van der Waals surface area contributed by atoms with Crippen LogP contribution in [0.4, 0.5) is 5.95 Å². The Morgan fingerprint density at radius 1 is 1.22 bits per heavy atom. The average molecular weight is 374 g/mol. The maximum absolute atomic E-state index is 13.0. The normalized spacial score (nSPS) is 27.5. The van der Waals surface area contributed by atoms with Crippen molar-refractivity contribution < 1.29 is 14.6 Å². The molecule has 1 aromatic rings. The Morgan fingerprint density at radius 2 is 1.93 bits per heavy atom. The van der Waals surface area contributed by atoms with Crippen LogP contribution in [0.15, 0.2) is 6.20 Å². The van der Waals surface area contributed by atoms with E-state index in [1.165, 1.54) is 19.3 Å². The molecule has 1 aliphatic carbocycles. The van der Waals surface area contributed by atoms with Gasteiger partial charge in [0.05, 0.1) is 23.5 Å². The summed E-state index contributed by atoms with van der Waals surface area (Å²) in [4.78, 5) is 26.2. The van der Waals surface area contributed by atoms with Gasteiger partial charge in [0.15, 0.2) is 0 Å². The van der Waals surface area contributed by atoms with Crippen LogP contribution in [0.1, 0.15) is 54.6 Å². The monoisotopic (exact) mass is 374 g/mol. The Kier molecular flexibility index (Phi) is 5.07. The van der Waals surface area contributed by atoms with Crippen molar-refractivity contribution in [3.8, 4) is 0 Å². The minimum absolute atomic E-state index is 0.00433. The molecule has 3 heterocycles. The molecule has 1 aromatic heterocycles. The minimum Gasteiger partial charge on any atom is -0.392 e. The fourth-order valence-electron chi connectivity index (χ4n) is 4.92. The maximum Gasteiger partial charge on any atom is 0.257 e. The number of aliphatic hydroxyl groups is 1. The van der Waals surface area contributed by atoms with Crippen LogP contribution in [-0.4, -0.2) is 71.4 Å². The van der Waals surface area contributed by atoms with Crippen LogP contribution >= 0.6 is 0 Å². The molecule has 2 aliphatic heterocycles. The Morgan fingerprint density at radius 3 is 2.52 bits per heavy atom. The van der Waals surface area contributed by atoms with E-state index in [1.54, 1.807) is 13.3 Å². The van der Waals surface area contributed by atoms with Crippen LogP contribution in [0, 0.1) is 12.3 Å². The van der Waals surface area contributed by atoms with Crippen molar-refractivity contribution >= 4 is 11.9 Å². The summed E-state index contributed by atoms with van der Waals surface area (Å²) < 4.78 is 5.53. The summed E-state index contributed by atoms with van der Waals surface area (Å²) in [6, 6.07) is 0. The number of nitrogens with zero attached hydrogens (tertiary/aromatic N) is 4. The van der Waals surface area contributed by atoms with E-state index >= 15 is 0 Å². The first kappa shape index (κ1) is 18.6. The van der Waals surface area contributed by atoms with Gasteiger partial charge >= 0.3 is 0 Å². The molecule has 2 atom stereocenters. The summed E-state index contributed by atoms with van der Waals surface area (Å²) in [5.41, 5.74) is 1.16. The van der Waals surface area contributed by atoms with Crippen molar-refractivity contribution in [1.29, 1.82) is 0 Å². The van der Waals surface area contributed by atoms with Gasteiger partial charge in [-0.05, 0) is 39.0 Å². The molecule has 0 bridgehead atoms. The summed E-state index contributed by atoms with van der Waals surface area (Å²) in [7, 11) is 1.71. The molecule has 7 heteroatoms. The number of ether oxygens (including phenoxy) is 1. The quantitative estimate of drug-likeness (QED) is 0.869. The lowest BCUT2D eigenvalue weighted by molar-refractivity contribution is -0.199. The van der Waals surface area contributed by atoms with Gasteiger partial charge in [-0.1, -0.05) is 0 Å². The predicted molar refractivity (Wildman–Crippen MR) is 102 cm³/mol. The number of hydrogen-bond donors (Lipinski definition) is 1. The van der Waals surface area contributed by atoms with Crippen LogP contribution < -0.4 is 4.90 Å².